The van der Waals surface area contributed by atoms with Crippen molar-refractivity contribution in [1.29, 1.82) is 0 Å². The lowest BCUT2D eigenvalue weighted by Gasteiger charge is -2.14. The molecule has 0 saturated heterocycles. The van der Waals surface area contributed by atoms with Crippen LogP contribution in [0.15, 0.2) is 24.3 Å². The molecule has 15 heavy (non-hydrogen) atoms. The van der Waals surface area contributed by atoms with Crippen molar-refractivity contribution in [3.63, 3.8) is 0 Å². The van der Waals surface area contributed by atoms with Crippen LogP contribution in [0.25, 0.3) is 0 Å². The lowest BCUT2D eigenvalue weighted by molar-refractivity contribution is -0.0498. The van der Waals surface area contributed by atoms with E-state index in [0.29, 0.717) is 0 Å². The number of hydrogen-bond donors (Lipinski definition) is 1. The van der Waals surface area contributed by atoms with E-state index in [2.05, 4.69) is 17.0 Å². The minimum atomic E-state index is -2.76. The highest BCUT2D eigenvalue weighted by atomic mass is 19.3. The topological polar surface area (TPSA) is 21.3 Å². The lowest BCUT2D eigenvalue weighted by atomic mass is 10.1. The van der Waals surface area contributed by atoms with Gasteiger partial charge in [-0.25, -0.2) is 0 Å². The number of nitrogens with one attached hydrogen (secondary N) is 1. The summed E-state index contributed by atoms with van der Waals surface area (Å²) < 4.78 is 28.0. The number of hydrogen-bond acceptors (Lipinski definition) is 2. The molecule has 0 aliphatic carbocycles. The second-order valence-electron chi connectivity index (χ2n) is 3.20. The minimum absolute atomic E-state index is 0.194. The Balaban J connectivity index is 2.71. The van der Waals surface area contributed by atoms with Crippen molar-refractivity contribution in [3.8, 4) is 5.75 Å². The summed E-state index contributed by atoms with van der Waals surface area (Å²) in [6, 6.07) is 6.96. The fraction of sp³-hybridized carbons (Fsp3) is 0.455. The average Bonchev–Trinajstić information content (AvgIpc) is 2.21. The zero-order valence-corrected chi connectivity index (χ0v) is 8.84. The van der Waals surface area contributed by atoms with Crippen LogP contribution < -0.4 is 10.1 Å². The molecule has 0 spiro atoms. The molecular formula is C11H15F2NO. The third-order valence-corrected chi connectivity index (χ3v) is 2.26. The van der Waals surface area contributed by atoms with Crippen LogP contribution in [0.2, 0.25) is 0 Å². The summed E-state index contributed by atoms with van der Waals surface area (Å²) in [7, 11) is 1.87. The maximum absolute atomic E-state index is 11.9. The molecule has 0 aliphatic rings. The van der Waals surface area contributed by atoms with Crippen molar-refractivity contribution in [2.45, 2.75) is 26.0 Å². The van der Waals surface area contributed by atoms with Crippen LogP contribution in [-0.4, -0.2) is 13.7 Å². The standard InChI is InChI=1S/C11H15F2NO/c1-3-10(14-2)8-4-6-9(7-5-8)15-11(12)13/h4-7,10-11,14H,3H2,1-2H3. The smallest absolute Gasteiger partial charge is 0.387 e. The third-order valence-electron chi connectivity index (χ3n) is 2.26. The fourth-order valence-electron chi connectivity index (χ4n) is 1.49. The molecule has 1 atom stereocenters. The molecule has 0 aliphatic heterocycles. The van der Waals surface area contributed by atoms with Gasteiger partial charge in [-0.05, 0) is 31.2 Å². The molecule has 0 amide bonds. The summed E-state index contributed by atoms with van der Waals surface area (Å²) in [6.45, 7) is -0.702. The molecule has 84 valence electrons. The van der Waals surface area contributed by atoms with Gasteiger partial charge in [-0.3, -0.25) is 0 Å². The highest BCUT2D eigenvalue weighted by Gasteiger charge is 2.07. The van der Waals surface area contributed by atoms with Crippen molar-refractivity contribution in [2.24, 2.45) is 0 Å². The molecule has 0 heterocycles. The van der Waals surface area contributed by atoms with Gasteiger partial charge in [0.1, 0.15) is 5.75 Å². The molecular weight excluding hydrogens is 200 g/mol. The Morgan fingerprint density at radius 2 is 1.87 bits per heavy atom. The number of rotatable bonds is 5. The molecule has 1 unspecified atom stereocenters. The van der Waals surface area contributed by atoms with Crippen molar-refractivity contribution in [3.05, 3.63) is 29.8 Å². The number of ether oxygens (including phenoxy) is 1. The SMILES string of the molecule is CCC(NC)c1ccc(OC(F)F)cc1. The van der Waals surface area contributed by atoms with Gasteiger partial charge in [0.25, 0.3) is 0 Å². The number of benzene rings is 1. The van der Waals surface area contributed by atoms with Crippen molar-refractivity contribution < 1.29 is 13.5 Å². The Morgan fingerprint density at radius 3 is 2.27 bits per heavy atom. The van der Waals surface area contributed by atoms with Crippen LogP contribution >= 0.6 is 0 Å². The maximum Gasteiger partial charge on any atom is 0.387 e. The average molecular weight is 215 g/mol. The van der Waals surface area contributed by atoms with Gasteiger partial charge < -0.3 is 10.1 Å². The molecule has 1 rings (SSSR count). The molecule has 0 saturated carbocycles. The third kappa shape index (κ3) is 3.47. The number of alkyl halides is 2. The molecule has 2 nitrogen and oxygen atoms in total. The zero-order chi connectivity index (χ0) is 11.3. The minimum Gasteiger partial charge on any atom is -0.435 e. The summed E-state index contributed by atoms with van der Waals surface area (Å²) in [6.07, 6.45) is 0.950. The van der Waals surface area contributed by atoms with Crippen LogP contribution in [0, 0.1) is 0 Å². The maximum atomic E-state index is 11.9. The Hall–Kier alpha value is -1.16. The monoisotopic (exact) mass is 215 g/mol. The summed E-state index contributed by atoms with van der Waals surface area (Å²) in [5.41, 5.74) is 1.07. The second-order valence-corrected chi connectivity index (χ2v) is 3.20. The Morgan fingerprint density at radius 1 is 1.27 bits per heavy atom. The summed E-state index contributed by atoms with van der Waals surface area (Å²) in [5, 5.41) is 3.14. The fourth-order valence-corrected chi connectivity index (χ4v) is 1.49. The molecule has 0 fully saturated rings. The van der Waals surface area contributed by atoms with Gasteiger partial charge in [-0.1, -0.05) is 19.1 Å². The van der Waals surface area contributed by atoms with E-state index < -0.39 is 6.61 Å². The van der Waals surface area contributed by atoms with Crippen LogP contribution in [-0.2, 0) is 0 Å². The summed E-state index contributed by atoms with van der Waals surface area (Å²) >= 11 is 0. The van der Waals surface area contributed by atoms with Crippen LogP contribution in [0.1, 0.15) is 24.9 Å². The van der Waals surface area contributed by atoms with Crippen molar-refractivity contribution >= 4 is 0 Å². The summed E-state index contributed by atoms with van der Waals surface area (Å²) in [4.78, 5) is 0. The van der Waals surface area contributed by atoms with Gasteiger partial charge in [0, 0.05) is 6.04 Å². The molecule has 0 radical (unpaired) electrons. The van der Waals surface area contributed by atoms with Gasteiger partial charge >= 0.3 is 6.61 Å². The lowest BCUT2D eigenvalue weighted by Crippen LogP contribution is -2.15. The van der Waals surface area contributed by atoms with Gasteiger partial charge in [0.05, 0.1) is 0 Å². The Kier molecular flexibility index (Phi) is 4.49. The van der Waals surface area contributed by atoms with E-state index in [4.69, 9.17) is 0 Å². The van der Waals surface area contributed by atoms with E-state index in [9.17, 15) is 8.78 Å². The highest BCUT2D eigenvalue weighted by molar-refractivity contribution is 5.29. The van der Waals surface area contributed by atoms with E-state index in [-0.39, 0.29) is 11.8 Å². The quantitative estimate of drug-likeness (QED) is 0.815. The van der Waals surface area contributed by atoms with E-state index >= 15 is 0 Å². The van der Waals surface area contributed by atoms with Gasteiger partial charge in [0.15, 0.2) is 0 Å². The Bertz CT molecular complexity index is 283. The van der Waals surface area contributed by atoms with E-state index in [1.54, 1.807) is 24.3 Å². The largest absolute Gasteiger partial charge is 0.435 e. The molecule has 4 heteroatoms. The summed E-state index contributed by atoms with van der Waals surface area (Å²) in [5.74, 6) is 0.194. The van der Waals surface area contributed by atoms with Gasteiger partial charge in [-0.2, -0.15) is 8.78 Å². The molecule has 0 bridgehead atoms. The molecule has 1 N–H and O–H groups in total. The first kappa shape index (κ1) is 11.9. The van der Waals surface area contributed by atoms with Crippen molar-refractivity contribution in [1.82, 2.24) is 5.32 Å². The van der Waals surface area contributed by atoms with E-state index in [0.717, 1.165) is 12.0 Å². The van der Waals surface area contributed by atoms with E-state index in [1.807, 2.05) is 7.05 Å². The van der Waals surface area contributed by atoms with Crippen LogP contribution in [0.5, 0.6) is 5.75 Å². The number of halogens is 2. The first-order chi connectivity index (χ1) is 7.17. The van der Waals surface area contributed by atoms with Crippen LogP contribution in [0.4, 0.5) is 8.78 Å². The zero-order valence-electron chi connectivity index (χ0n) is 8.84. The van der Waals surface area contributed by atoms with Gasteiger partial charge in [0.2, 0.25) is 0 Å². The molecule has 0 aromatic heterocycles. The predicted octanol–water partition coefficient (Wildman–Crippen LogP) is 2.96. The van der Waals surface area contributed by atoms with Gasteiger partial charge in [-0.15, -0.1) is 0 Å². The second kappa shape index (κ2) is 5.66. The predicted molar refractivity (Wildman–Crippen MR) is 55.2 cm³/mol. The highest BCUT2D eigenvalue weighted by Crippen LogP contribution is 2.20. The Labute approximate surface area is 88.3 Å². The van der Waals surface area contributed by atoms with E-state index in [1.165, 1.54) is 0 Å². The van der Waals surface area contributed by atoms with Crippen molar-refractivity contribution in [2.75, 3.05) is 7.05 Å². The molecule has 1 aromatic rings. The molecule has 1 aromatic carbocycles. The normalized spacial score (nSPS) is 12.9. The van der Waals surface area contributed by atoms with Crippen LogP contribution in [0.3, 0.4) is 0 Å². The first-order valence-electron chi connectivity index (χ1n) is 4.89. The first-order valence-corrected chi connectivity index (χ1v) is 4.89.